The number of nitrogens with one attached hydrogen (secondary N) is 1. The molecule has 0 spiro atoms. The van der Waals surface area contributed by atoms with Gasteiger partial charge in [-0.25, -0.2) is 9.86 Å². The molecule has 19 heavy (non-hydrogen) atoms. The number of nitrogens with zero attached hydrogens (tertiary/aromatic N) is 3. The molecule has 8 heteroatoms. The molecule has 3 heterocycles. The van der Waals surface area contributed by atoms with Crippen molar-refractivity contribution in [1.29, 1.82) is 0 Å². The molecule has 8 nitrogen and oxygen atoms in total. The summed E-state index contributed by atoms with van der Waals surface area (Å²) in [6, 6.07) is -1.35. The van der Waals surface area contributed by atoms with E-state index in [-0.39, 0.29) is 17.9 Å². The van der Waals surface area contributed by atoms with Crippen LogP contribution >= 0.6 is 0 Å². The van der Waals surface area contributed by atoms with Crippen molar-refractivity contribution in [3.05, 3.63) is 0 Å². The van der Waals surface area contributed by atoms with E-state index < -0.39 is 12.1 Å². The Morgan fingerprint density at radius 2 is 2.11 bits per heavy atom. The Bertz CT molecular complexity index is 440. The lowest BCUT2D eigenvalue weighted by atomic mass is 10.0. The summed E-state index contributed by atoms with van der Waals surface area (Å²) < 4.78 is 0. The first-order chi connectivity index (χ1) is 9.08. The predicted octanol–water partition coefficient (Wildman–Crippen LogP) is -0.702. The lowest BCUT2D eigenvalue weighted by Gasteiger charge is -2.30. The number of hydrogen-bond donors (Lipinski definition) is 2. The Balaban J connectivity index is 1.67. The SMILES string of the molecule is O=C(NN1CCCC1=O)[C@@H]1CC[C@@H]2CN1C(=O)N2O. The highest BCUT2D eigenvalue weighted by atomic mass is 16.5. The highest BCUT2D eigenvalue weighted by Crippen LogP contribution is 2.28. The van der Waals surface area contributed by atoms with Crippen LogP contribution in [0.3, 0.4) is 0 Å². The van der Waals surface area contributed by atoms with E-state index in [4.69, 9.17) is 0 Å². The van der Waals surface area contributed by atoms with Crippen LogP contribution in [0.25, 0.3) is 0 Å². The van der Waals surface area contributed by atoms with Gasteiger partial charge in [0.15, 0.2) is 0 Å². The van der Waals surface area contributed by atoms with Crippen LogP contribution in [0.15, 0.2) is 0 Å². The van der Waals surface area contributed by atoms with Gasteiger partial charge < -0.3 is 4.90 Å². The van der Waals surface area contributed by atoms with Crippen LogP contribution in [0.1, 0.15) is 25.7 Å². The van der Waals surface area contributed by atoms with Crippen LogP contribution in [-0.2, 0) is 9.59 Å². The molecule has 0 aromatic rings. The molecule has 2 N–H and O–H groups in total. The molecule has 0 saturated carbocycles. The van der Waals surface area contributed by atoms with Gasteiger partial charge in [0, 0.05) is 19.5 Å². The molecule has 0 aliphatic carbocycles. The first-order valence-corrected chi connectivity index (χ1v) is 6.47. The minimum absolute atomic E-state index is 0.0985. The van der Waals surface area contributed by atoms with Crippen LogP contribution in [0, 0.1) is 0 Å². The standard InChI is InChI=1S/C11H16N4O4/c16-9-2-1-5-14(9)12-10(17)8-4-3-7-6-13(8)11(18)15(7)19/h7-8,19H,1-6H2,(H,12,17)/t7-,8+/m1/s1. The van der Waals surface area contributed by atoms with Gasteiger partial charge in [0.1, 0.15) is 6.04 Å². The molecular weight excluding hydrogens is 252 g/mol. The van der Waals surface area contributed by atoms with Crippen molar-refractivity contribution in [2.45, 2.75) is 37.8 Å². The van der Waals surface area contributed by atoms with E-state index in [2.05, 4.69) is 5.43 Å². The third-order valence-electron chi connectivity index (χ3n) is 3.97. The van der Waals surface area contributed by atoms with Crippen molar-refractivity contribution >= 4 is 17.8 Å². The molecule has 0 unspecified atom stereocenters. The third-order valence-corrected chi connectivity index (χ3v) is 3.97. The number of rotatable bonds is 2. The molecular formula is C11H16N4O4. The average molecular weight is 268 g/mol. The van der Waals surface area contributed by atoms with Gasteiger partial charge in [0.25, 0.3) is 5.91 Å². The Hall–Kier alpha value is -1.83. The quantitative estimate of drug-likeness (QED) is 0.647. The summed E-state index contributed by atoms with van der Waals surface area (Å²) in [5.41, 5.74) is 2.57. The largest absolute Gasteiger partial charge is 0.344 e. The monoisotopic (exact) mass is 268 g/mol. The molecule has 3 aliphatic heterocycles. The van der Waals surface area contributed by atoms with Crippen molar-refractivity contribution in [2.24, 2.45) is 0 Å². The summed E-state index contributed by atoms with van der Waals surface area (Å²) in [7, 11) is 0. The second-order valence-electron chi connectivity index (χ2n) is 5.15. The van der Waals surface area contributed by atoms with E-state index in [0.29, 0.717) is 37.4 Å². The van der Waals surface area contributed by atoms with Crippen LogP contribution < -0.4 is 5.43 Å². The number of hydroxylamine groups is 2. The normalized spacial score (nSPS) is 30.3. The number of urea groups is 1. The van der Waals surface area contributed by atoms with E-state index >= 15 is 0 Å². The van der Waals surface area contributed by atoms with Gasteiger partial charge in [-0.15, -0.1) is 0 Å². The Morgan fingerprint density at radius 1 is 1.32 bits per heavy atom. The lowest BCUT2D eigenvalue weighted by molar-refractivity contribution is -0.140. The maximum Gasteiger partial charge on any atom is 0.344 e. The van der Waals surface area contributed by atoms with Crippen molar-refractivity contribution in [1.82, 2.24) is 20.4 Å². The molecule has 0 radical (unpaired) electrons. The summed E-state index contributed by atoms with van der Waals surface area (Å²) in [4.78, 5) is 36.7. The van der Waals surface area contributed by atoms with E-state index in [1.54, 1.807) is 0 Å². The van der Waals surface area contributed by atoms with Gasteiger partial charge in [0.05, 0.1) is 6.04 Å². The van der Waals surface area contributed by atoms with Crippen LogP contribution in [0.4, 0.5) is 4.79 Å². The summed E-state index contributed by atoms with van der Waals surface area (Å²) in [6.45, 7) is 0.876. The number of hydrogen-bond acceptors (Lipinski definition) is 4. The zero-order valence-corrected chi connectivity index (χ0v) is 10.4. The summed E-state index contributed by atoms with van der Waals surface area (Å²) >= 11 is 0. The van der Waals surface area contributed by atoms with Gasteiger partial charge in [-0.2, -0.15) is 0 Å². The number of hydrazine groups is 1. The summed E-state index contributed by atoms with van der Waals surface area (Å²) in [6.07, 6.45) is 2.27. The Morgan fingerprint density at radius 3 is 2.79 bits per heavy atom. The van der Waals surface area contributed by atoms with Crippen molar-refractivity contribution in [3.8, 4) is 0 Å². The topological polar surface area (TPSA) is 93.2 Å². The maximum absolute atomic E-state index is 12.1. The number of carbonyl (C=O) groups is 3. The first-order valence-electron chi connectivity index (χ1n) is 6.47. The zero-order valence-electron chi connectivity index (χ0n) is 10.4. The number of amides is 4. The van der Waals surface area contributed by atoms with E-state index in [9.17, 15) is 19.6 Å². The molecule has 3 saturated heterocycles. The third kappa shape index (κ3) is 1.92. The van der Waals surface area contributed by atoms with Crippen LogP contribution in [-0.4, -0.2) is 63.2 Å². The molecule has 104 valence electrons. The fourth-order valence-corrected chi connectivity index (χ4v) is 2.90. The van der Waals surface area contributed by atoms with Crippen molar-refractivity contribution < 1.29 is 19.6 Å². The molecule has 0 aromatic carbocycles. The predicted molar refractivity (Wildman–Crippen MR) is 61.6 cm³/mol. The van der Waals surface area contributed by atoms with Gasteiger partial charge in [0.2, 0.25) is 5.91 Å². The minimum Gasteiger partial charge on any atom is -0.309 e. The zero-order chi connectivity index (χ0) is 13.6. The molecule has 0 aromatic heterocycles. The summed E-state index contributed by atoms with van der Waals surface area (Å²) in [5, 5.41) is 11.6. The minimum atomic E-state index is -0.603. The van der Waals surface area contributed by atoms with Crippen LogP contribution in [0.2, 0.25) is 0 Å². The smallest absolute Gasteiger partial charge is 0.309 e. The highest BCUT2D eigenvalue weighted by molar-refractivity contribution is 5.90. The average Bonchev–Trinajstić information content (AvgIpc) is 2.89. The molecule has 3 rings (SSSR count). The maximum atomic E-state index is 12.1. The van der Waals surface area contributed by atoms with E-state index in [0.717, 1.165) is 6.42 Å². The van der Waals surface area contributed by atoms with Gasteiger partial charge in [-0.3, -0.25) is 25.2 Å². The van der Waals surface area contributed by atoms with Crippen molar-refractivity contribution in [2.75, 3.05) is 13.1 Å². The number of piperidine rings is 1. The van der Waals surface area contributed by atoms with Crippen molar-refractivity contribution in [3.63, 3.8) is 0 Å². The second-order valence-corrected chi connectivity index (χ2v) is 5.15. The second kappa shape index (κ2) is 4.37. The molecule has 3 fully saturated rings. The Kier molecular flexibility index (Phi) is 2.81. The number of fused-ring (bicyclic) bond motifs is 2. The van der Waals surface area contributed by atoms with E-state index in [1.165, 1.54) is 9.91 Å². The lowest BCUT2D eigenvalue weighted by Crippen LogP contribution is -2.54. The molecule has 3 aliphatic rings. The molecule has 2 bridgehead atoms. The molecule has 4 amide bonds. The Labute approximate surface area is 109 Å². The summed E-state index contributed by atoms with van der Waals surface area (Å²) in [5.74, 6) is -0.448. The fraction of sp³-hybridized carbons (Fsp3) is 0.727. The highest BCUT2D eigenvalue weighted by Gasteiger charge is 2.47. The van der Waals surface area contributed by atoms with Gasteiger partial charge in [-0.1, -0.05) is 0 Å². The van der Waals surface area contributed by atoms with Gasteiger partial charge >= 0.3 is 6.03 Å². The van der Waals surface area contributed by atoms with Crippen LogP contribution in [0.5, 0.6) is 0 Å². The number of carbonyl (C=O) groups excluding carboxylic acids is 3. The fourth-order valence-electron chi connectivity index (χ4n) is 2.90. The molecule has 2 atom stereocenters. The first kappa shape index (κ1) is 12.2. The van der Waals surface area contributed by atoms with E-state index in [1.807, 2.05) is 0 Å². The van der Waals surface area contributed by atoms with Gasteiger partial charge in [-0.05, 0) is 19.3 Å².